The molecule has 0 aliphatic carbocycles. The summed E-state index contributed by atoms with van der Waals surface area (Å²) in [6, 6.07) is 18.4. The molecule has 0 aliphatic rings. The van der Waals surface area contributed by atoms with Gasteiger partial charge in [0.25, 0.3) is 5.91 Å². The average molecular weight is 368 g/mol. The summed E-state index contributed by atoms with van der Waals surface area (Å²) < 4.78 is 0. The highest BCUT2D eigenvalue weighted by atomic mass is 35.5. The van der Waals surface area contributed by atoms with Crippen molar-refractivity contribution in [2.45, 2.75) is 13.2 Å². The molecule has 0 fully saturated rings. The van der Waals surface area contributed by atoms with E-state index < -0.39 is 0 Å². The van der Waals surface area contributed by atoms with E-state index in [-0.39, 0.29) is 12.5 Å². The summed E-state index contributed by atoms with van der Waals surface area (Å²) in [7, 11) is 0. The fraction of sp³-hybridized carbons (Fsp3) is 0.100. The first-order valence-corrected chi connectivity index (χ1v) is 8.48. The van der Waals surface area contributed by atoms with Crippen molar-refractivity contribution in [3.8, 4) is 0 Å². The maximum atomic E-state index is 12.4. The third-order valence-corrected chi connectivity index (χ3v) is 3.93. The molecule has 1 aromatic heterocycles. The molecule has 0 atom stereocenters. The van der Waals surface area contributed by atoms with Crippen LogP contribution in [0.3, 0.4) is 0 Å². The number of para-hydroxylation sites is 1. The van der Waals surface area contributed by atoms with E-state index in [1.165, 1.54) is 0 Å². The number of hydrogen-bond acceptors (Lipinski definition) is 4. The standard InChI is InChI=1S/C20H18ClN3O2/c21-17-5-3-4-16(12-17)14-26-24-20(25)18-6-1-2-7-19(18)23-13-15-8-10-22-11-9-15/h1-12,23H,13-14H2,(H,24,25). The fourth-order valence-corrected chi connectivity index (χ4v) is 2.61. The second-order valence-corrected chi connectivity index (χ2v) is 6.04. The summed E-state index contributed by atoms with van der Waals surface area (Å²) >= 11 is 5.93. The Kier molecular flexibility index (Phi) is 6.19. The van der Waals surface area contributed by atoms with Crippen LogP contribution in [0.15, 0.2) is 73.1 Å². The predicted molar refractivity (Wildman–Crippen MR) is 102 cm³/mol. The van der Waals surface area contributed by atoms with E-state index in [0.29, 0.717) is 17.1 Å². The number of amides is 1. The Labute approximate surface area is 156 Å². The Morgan fingerprint density at radius 2 is 1.81 bits per heavy atom. The monoisotopic (exact) mass is 367 g/mol. The predicted octanol–water partition coefficient (Wildman–Crippen LogP) is 4.21. The maximum Gasteiger partial charge on any atom is 0.276 e. The van der Waals surface area contributed by atoms with Gasteiger partial charge >= 0.3 is 0 Å². The molecule has 0 unspecified atom stereocenters. The number of pyridine rings is 1. The van der Waals surface area contributed by atoms with Crippen LogP contribution in [0.1, 0.15) is 21.5 Å². The highest BCUT2D eigenvalue weighted by Crippen LogP contribution is 2.16. The molecule has 2 aromatic carbocycles. The van der Waals surface area contributed by atoms with E-state index in [1.807, 2.05) is 42.5 Å². The number of carbonyl (C=O) groups excluding carboxylic acids is 1. The van der Waals surface area contributed by atoms with Gasteiger partial charge in [-0.1, -0.05) is 35.9 Å². The molecule has 1 amide bonds. The second-order valence-electron chi connectivity index (χ2n) is 5.60. The van der Waals surface area contributed by atoms with Crippen molar-refractivity contribution in [2.75, 3.05) is 5.32 Å². The molecule has 0 radical (unpaired) electrons. The first kappa shape index (κ1) is 17.9. The highest BCUT2D eigenvalue weighted by Gasteiger charge is 2.11. The molecule has 0 bridgehead atoms. The van der Waals surface area contributed by atoms with Crippen molar-refractivity contribution in [3.05, 3.63) is 94.8 Å². The van der Waals surface area contributed by atoms with Crippen LogP contribution >= 0.6 is 11.6 Å². The van der Waals surface area contributed by atoms with Crippen molar-refractivity contribution >= 4 is 23.2 Å². The van der Waals surface area contributed by atoms with Crippen LogP contribution in [0.2, 0.25) is 5.02 Å². The van der Waals surface area contributed by atoms with Gasteiger partial charge in [-0.25, -0.2) is 5.48 Å². The zero-order valence-electron chi connectivity index (χ0n) is 14.0. The minimum absolute atomic E-state index is 0.235. The Morgan fingerprint density at radius 3 is 2.62 bits per heavy atom. The molecular weight excluding hydrogens is 350 g/mol. The lowest BCUT2D eigenvalue weighted by molar-refractivity contribution is 0.0234. The molecule has 0 spiro atoms. The smallest absolute Gasteiger partial charge is 0.276 e. The molecular formula is C20H18ClN3O2. The maximum absolute atomic E-state index is 12.4. The Morgan fingerprint density at radius 1 is 1.00 bits per heavy atom. The number of nitrogens with one attached hydrogen (secondary N) is 2. The van der Waals surface area contributed by atoms with Crippen molar-refractivity contribution in [1.82, 2.24) is 10.5 Å². The lowest BCUT2D eigenvalue weighted by Crippen LogP contribution is -2.24. The van der Waals surface area contributed by atoms with Crippen LogP contribution in [0, 0.1) is 0 Å². The highest BCUT2D eigenvalue weighted by molar-refractivity contribution is 6.30. The average Bonchev–Trinajstić information content (AvgIpc) is 2.67. The quantitative estimate of drug-likeness (QED) is 0.614. The molecule has 26 heavy (non-hydrogen) atoms. The van der Waals surface area contributed by atoms with Gasteiger partial charge in [0.1, 0.15) is 0 Å². The van der Waals surface area contributed by atoms with Crippen LogP contribution in [0.4, 0.5) is 5.69 Å². The van der Waals surface area contributed by atoms with Gasteiger partial charge in [-0.2, -0.15) is 0 Å². The molecule has 0 saturated carbocycles. The van der Waals surface area contributed by atoms with Crippen LogP contribution in [-0.2, 0) is 18.0 Å². The normalized spacial score (nSPS) is 10.3. The number of nitrogens with zero attached hydrogens (tertiary/aromatic N) is 1. The fourth-order valence-electron chi connectivity index (χ4n) is 2.40. The molecule has 0 saturated heterocycles. The first-order chi connectivity index (χ1) is 12.7. The molecule has 0 aliphatic heterocycles. The van der Waals surface area contributed by atoms with Gasteiger partial charge in [-0.05, 0) is 47.5 Å². The van der Waals surface area contributed by atoms with E-state index in [4.69, 9.17) is 16.4 Å². The molecule has 2 N–H and O–H groups in total. The number of aromatic nitrogens is 1. The van der Waals surface area contributed by atoms with Crippen LogP contribution in [0.5, 0.6) is 0 Å². The summed E-state index contributed by atoms with van der Waals surface area (Å²) in [4.78, 5) is 21.7. The third kappa shape index (κ3) is 5.05. The van der Waals surface area contributed by atoms with E-state index in [9.17, 15) is 4.79 Å². The molecule has 6 heteroatoms. The third-order valence-electron chi connectivity index (χ3n) is 3.70. The summed E-state index contributed by atoms with van der Waals surface area (Å²) in [5, 5.41) is 3.89. The van der Waals surface area contributed by atoms with Gasteiger partial charge in [0.05, 0.1) is 12.2 Å². The number of hydrogen-bond donors (Lipinski definition) is 2. The van der Waals surface area contributed by atoms with Gasteiger partial charge < -0.3 is 5.32 Å². The summed E-state index contributed by atoms with van der Waals surface area (Å²) in [5.41, 5.74) is 5.66. The van der Waals surface area contributed by atoms with Crippen molar-refractivity contribution in [3.63, 3.8) is 0 Å². The Hall–Kier alpha value is -2.89. The lowest BCUT2D eigenvalue weighted by Gasteiger charge is -2.12. The topological polar surface area (TPSA) is 63.2 Å². The van der Waals surface area contributed by atoms with Gasteiger partial charge in [0.15, 0.2) is 0 Å². The minimum atomic E-state index is -0.315. The number of rotatable bonds is 7. The van der Waals surface area contributed by atoms with Crippen molar-refractivity contribution < 1.29 is 9.63 Å². The van der Waals surface area contributed by atoms with Gasteiger partial charge in [0.2, 0.25) is 0 Å². The molecule has 132 valence electrons. The van der Waals surface area contributed by atoms with E-state index in [1.54, 1.807) is 30.6 Å². The summed E-state index contributed by atoms with van der Waals surface area (Å²) in [6.07, 6.45) is 3.47. The number of benzene rings is 2. The van der Waals surface area contributed by atoms with Crippen molar-refractivity contribution in [1.29, 1.82) is 0 Å². The Bertz CT molecular complexity index is 872. The molecule has 5 nitrogen and oxygen atoms in total. The van der Waals surface area contributed by atoms with Gasteiger partial charge in [-0.3, -0.25) is 14.6 Å². The number of carbonyl (C=O) groups is 1. The number of halogens is 1. The second kappa shape index (κ2) is 8.99. The molecule has 3 aromatic rings. The van der Waals surface area contributed by atoms with Crippen LogP contribution in [-0.4, -0.2) is 10.9 Å². The summed E-state index contributed by atoms with van der Waals surface area (Å²) in [6.45, 7) is 0.828. The zero-order valence-corrected chi connectivity index (χ0v) is 14.7. The van der Waals surface area contributed by atoms with Gasteiger partial charge in [-0.15, -0.1) is 0 Å². The van der Waals surface area contributed by atoms with Crippen molar-refractivity contribution in [2.24, 2.45) is 0 Å². The molecule has 3 rings (SSSR count). The van der Waals surface area contributed by atoms with Crippen LogP contribution < -0.4 is 10.8 Å². The minimum Gasteiger partial charge on any atom is -0.380 e. The SMILES string of the molecule is O=C(NOCc1cccc(Cl)c1)c1ccccc1NCc1ccncc1. The largest absolute Gasteiger partial charge is 0.380 e. The number of hydroxylamine groups is 1. The van der Waals surface area contributed by atoms with Gasteiger partial charge in [0, 0.05) is 29.6 Å². The van der Waals surface area contributed by atoms with E-state index >= 15 is 0 Å². The summed E-state index contributed by atoms with van der Waals surface area (Å²) in [5.74, 6) is -0.315. The van der Waals surface area contributed by atoms with Crippen LogP contribution in [0.25, 0.3) is 0 Å². The Balaban J connectivity index is 1.58. The van der Waals surface area contributed by atoms with E-state index in [2.05, 4.69) is 15.8 Å². The molecule has 1 heterocycles. The first-order valence-electron chi connectivity index (χ1n) is 8.11. The zero-order chi connectivity index (χ0) is 18.2. The number of anilines is 1. The lowest BCUT2D eigenvalue weighted by atomic mass is 10.1. The van der Waals surface area contributed by atoms with E-state index in [0.717, 1.165) is 16.8 Å².